The summed E-state index contributed by atoms with van der Waals surface area (Å²) < 4.78 is 6.52. The van der Waals surface area contributed by atoms with Crippen LogP contribution in [-0.4, -0.2) is 34.3 Å². The number of ether oxygens (including phenoxy) is 1. The first-order chi connectivity index (χ1) is 10.2. The number of carbonyl (C=O) groups excluding carboxylic acids is 1. The summed E-state index contributed by atoms with van der Waals surface area (Å²) in [5, 5.41) is 10.2. The zero-order valence-electron chi connectivity index (χ0n) is 13.5. The van der Waals surface area contributed by atoms with Gasteiger partial charge in [0.25, 0.3) is 0 Å². The number of carbonyl (C=O) groups is 1. The fourth-order valence-electron chi connectivity index (χ4n) is 2.67. The average Bonchev–Trinajstić information content (AvgIpc) is 2.40. The van der Waals surface area contributed by atoms with Gasteiger partial charge in [-0.3, -0.25) is 0 Å². The first-order valence-corrected chi connectivity index (χ1v) is 8.40. The van der Waals surface area contributed by atoms with Gasteiger partial charge >= 0.3 is 6.09 Å². The van der Waals surface area contributed by atoms with Gasteiger partial charge in [-0.2, -0.15) is 0 Å². The highest BCUT2D eigenvalue weighted by Gasteiger charge is 2.37. The molecule has 1 aliphatic rings. The molecule has 4 nitrogen and oxygen atoms in total. The molecule has 1 heterocycles. The van der Waals surface area contributed by atoms with Gasteiger partial charge in [0.05, 0.1) is 12.1 Å². The summed E-state index contributed by atoms with van der Waals surface area (Å²) in [4.78, 5) is 14.3. The number of aliphatic hydroxyl groups excluding tert-OH is 1. The summed E-state index contributed by atoms with van der Waals surface area (Å²) in [7, 11) is 0. The Bertz CT molecular complexity index is 524. The first kappa shape index (κ1) is 17.3. The van der Waals surface area contributed by atoms with Crippen molar-refractivity contribution in [2.24, 2.45) is 5.92 Å². The van der Waals surface area contributed by atoms with Crippen molar-refractivity contribution in [3.8, 4) is 0 Å². The lowest BCUT2D eigenvalue weighted by atomic mass is 9.88. The van der Waals surface area contributed by atoms with Gasteiger partial charge < -0.3 is 14.7 Å². The predicted molar refractivity (Wildman–Crippen MR) is 89.6 cm³/mol. The third-order valence-electron chi connectivity index (χ3n) is 3.87. The van der Waals surface area contributed by atoms with Crippen LogP contribution in [-0.2, 0) is 4.74 Å². The molecular formula is C17H24BrNO3. The lowest BCUT2D eigenvalue weighted by molar-refractivity contribution is -0.0271. The standard InChI is InChI=1S/C17H24BrNO3/c1-11-10-19(16(21)22-17(2,3)4)14(9-15(11)20)12-5-7-13(18)8-6-12/h5-8,11,14-15,20H,9-10H2,1-4H3/t11-,14-,15?/m1/s1. The number of halogens is 1. The second kappa shape index (κ2) is 6.59. The van der Waals surface area contributed by atoms with Crippen LogP contribution in [0.15, 0.2) is 28.7 Å². The van der Waals surface area contributed by atoms with Crippen LogP contribution in [0.2, 0.25) is 0 Å². The maximum Gasteiger partial charge on any atom is 0.410 e. The molecule has 1 N–H and O–H groups in total. The Morgan fingerprint density at radius 2 is 1.91 bits per heavy atom. The molecule has 2 rings (SSSR count). The molecule has 0 aliphatic carbocycles. The zero-order valence-corrected chi connectivity index (χ0v) is 15.1. The molecule has 22 heavy (non-hydrogen) atoms. The molecule has 122 valence electrons. The number of nitrogens with zero attached hydrogens (tertiary/aromatic N) is 1. The third kappa shape index (κ3) is 4.23. The van der Waals surface area contributed by atoms with Gasteiger partial charge in [-0.1, -0.05) is 35.0 Å². The maximum atomic E-state index is 12.5. The van der Waals surface area contributed by atoms with Gasteiger partial charge in [-0.05, 0) is 50.8 Å². The van der Waals surface area contributed by atoms with E-state index in [-0.39, 0.29) is 18.1 Å². The summed E-state index contributed by atoms with van der Waals surface area (Å²) in [5.41, 5.74) is 0.487. The zero-order chi connectivity index (χ0) is 16.5. The van der Waals surface area contributed by atoms with E-state index in [4.69, 9.17) is 4.74 Å². The van der Waals surface area contributed by atoms with Gasteiger partial charge in [-0.25, -0.2) is 4.79 Å². The van der Waals surface area contributed by atoms with Crippen LogP contribution in [0, 0.1) is 5.92 Å². The van der Waals surface area contributed by atoms with Crippen LogP contribution >= 0.6 is 15.9 Å². The van der Waals surface area contributed by atoms with Crippen molar-refractivity contribution >= 4 is 22.0 Å². The summed E-state index contributed by atoms with van der Waals surface area (Å²) in [6.07, 6.45) is -0.200. The minimum atomic E-state index is -0.527. The van der Waals surface area contributed by atoms with E-state index in [0.29, 0.717) is 13.0 Å². The van der Waals surface area contributed by atoms with Gasteiger partial charge in [0, 0.05) is 11.0 Å². The lowest BCUT2D eigenvalue weighted by Crippen LogP contribution is -2.48. The number of aliphatic hydroxyl groups is 1. The van der Waals surface area contributed by atoms with Crippen molar-refractivity contribution in [2.45, 2.75) is 51.9 Å². The molecule has 0 saturated carbocycles. The molecule has 1 aromatic rings. The Labute approximate surface area is 140 Å². The minimum Gasteiger partial charge on any atom is -0.444 e. The molecule has 1 fully saturated rings. The number of likely N-dealkylation sites (tertiary alicyclic amines) is 1. The van der Waals surface area contributed by atoms with Crippen LogP contribution < -0.4 is 0 Å². The Morgan fingerprint density at radius 3 is 2.45 bits per heavy atom. The Morgan fingerprint density at radius 1 is 1.32 bits per heavy atom. The van der Waals surface area contributed by atoms with Gasteiger partial charge in [0.15, 0.2) is 0 Å². The number of piperidine rings is 1. The molecule has 0 bridgehead atoms. The molecule has 0 spiro atoms. The van der Waals surface area contributed by atoms with E-state index >= 15 is 0 Å². The van der Waals surface area contributed by atoms with Crippen LogP contribution in [0.3, 0.4) is 0 Å². The van der Waals surface area contributed by atoms with E-state index < -0.39 is 11.7 Å². The fourth-order valence-corrected chi connectivity index (χ4v) is 2.94. The normalized spacial score (nSPS) is 25.9. The summed E-state index contributed by atoms with van der Waals surface area (Å²) in [6, 6.07) is 7.71. The molecule has 1 unspecified atom stereocenters. The maximum absolute atomic E-state index is 12.5. The van der Waals surface area contributed by atoms with E-state index in [2.05, 4.69) is 15.9 Å². The lowest BCUT2D eigenvalue weighted by Gasteiger charge is -2.41. The topological polar surface area (TPSA) is 49.8 Å². The van der Waals surface area contributed by atoms with Crippen molar-refractivity contribution in [2.75, 3.05) is 6.54 Å². The average molecular weight is 370 g/mol. The van der Waals surface area contributed by atoms with Crippen LogP contribution in [0.1, 0.15) is 45.7 Å². The van der Waals surface area contributed by atoms with Gasteiger partial charge in [-0.15, -0.1) is 0 Å². The SMILES string of the molecule is C[C@@H]1CN(C(=O)OC(C)(C)C)[C@@H](c2ccc(Br)cc2)CC1O. The Hall–Kier alpha value is -1.07. The summed E-state index contributed by atoms with van der Waals surface area (Å²) >= 11 is 3.42. The molecule has 1 aliphatic heterocycles. The summed E-state index contributed by atoms with van der Waals surface area (Å²) in [6.45, 7) is 8.04. The molecule has 0 aromatic heterocycles. The van der Waals surface area contributed by atoms with E-state index in [1.165, 1.54) is 0 Å². The van der Waals surface area contributed by atoms with Crippen molar-refractivity contribution in [3.63, 3.8) is 0 Å². The monoisotopic (exact) mass is 369 g/mol. The predicted octanol–water partition coefficient (Wildman–Crippen LogP) is 4.13. The number of benzene rings is 1. The van der Waals surface area contributed by atoms with Crippen molar-refractivity contribution in [1.29, 1.82) is 0 Å². The van der Waals surface area contributed by atoms with E-state index in [1.807, 2.05) is 52.0 Å². The molecule has 1 amide bonds. The van der Waals surface area contributed by atoms with E-state index in [0.717, 1.165) is 10.0 Å². The van der Waals surface area contributed by atoms with E-state index in [1.54, 1.807) is 4.90 Å². The molecule has 3 atom stereocenters. The highest BCUT2D eigenvalue weighted by atomic mass is 79.9. The second-order valence-electron chi connectivity index (χ2n) is 6.98. The van der Waals surface area contributed by atoms with Gasteiger partial charge in [0.2, 0.25) is 0 Å². The number of rotatable bonds is 1. The quantitative estimate of drug-likeness (QED) is 0.809. The molecule has 0 radical (unpaired) electrons. The van der Waals surface area contributed by atoms with Crippen LogP contribution in [0.4, 0.5) is 4.79 Å². The number of amides is 1. The van der Waals surface area contributed by atoms with Crippen molar-refractivity contribution in [3.05, 3.63) is 34.3 Å². The third-order valence-corrected chi connectivity index (χ3v) is 4.39. The second-order valence-corrected chi connectivity index (χ2v) is 7.90. The fraction of sp³-hybridized carbons (Fsp3) is 0.588. The van der Waals surface area contributed by atoms with Crippen molar-refractivity contribution in [1.82, 2.24) is 4.90 Å². The Kier molecular flexibility index (Phi) is 5.17. The van der Waals surface area contributed by atoms with Gasteiger partial charge in [0.1, 0.15) is 5.60 Å². The molecule has 1 saturated heterocycles. The molecule has 5 heteroatoms. The van der Waals surface area contributed by atoms with E-state index in [9.17, 15) is 9.90 Å². The highest BCUT2D eigenvalue weighted by molar-refractivity contribution is 9.10. The van der Waals surface area contributed by atoms with Crippen LogP contribution in [0.25, 0.3) is 0 Å². The summed E-state index contributed by atoms with van der Waals surface area (Å²) in [5.74, 6) is 0.0409. The number of hydrogen-bond donors (Lipinski definition) is 1. The Balaban J connectivity index is 2.26. The molecule has 1 aromatic carbocycles. The smallest absolute Gasteiger partial charge is 0.410 e. The van der Waals surface area contributed by atoms with Crippen molar-refractivity contribution < 1.29 is 14.6 Å². The largest absolute Gasteiger partial charge is 0.444 e. The van der Waals surface area contributed by atoms with Crippen LogP contribution in [0.5, 0.6) is 0 Å². The molecular weight excluding hydrogens is 346 g/mol. The highest BCUT2D eigenvalue weighted by Crippen LogP contribution is 2.35. The number of hydrogen-bond acceptors (Lipinski definition) is 3. The minimum absolute atomic E-state index is 0.0409. The first-order valence-electron chi connectivity index (χ1n) is 7.60.